The summed E-state index contributed by atoms with van der Waals surface area (Å²) >= 11 is 8.58. The van der Waals surface area contributed by atoms with E-state index in [1.807, 2.05) is 0 Å². The van der Waals surface area contributed by atoms with E-state index in [0.29, 0.717) is 5.56 Å². The number of halogens is 1. The number of carbonyl (C=O) groups is 1. The van der Waals surface area contributed by atoms with Crippen LogP contribution in [0.5, 0.6) is 0 Å². The summed E-state index contributed by atoms with van der Waals surface area (Å²) in [6, 6.07) is 5.95. The molecule has 1 fully saturated rings. The molecule has 5 nitrogen and oxygen atoms in total. The molecule has 0 saturated carbocycles. The van der Waals surface area contributed by atoms with Gasteiger partial charge in [-0.2, -0.15) is 25.3 Å². The summed E-state index contributed by atoms with van der Waals surface area (Å²) in [7, 11) is 0. The number of benzene rings is 1. The second-order valence-corrected chi connectivity index (χ2v) is 8.63. The zero-order chi connectivity index (χ0) is 20.9. The van der Waals surface area contributed by atoms with Crippen LogP contribution >= 0.6 is 25.3 Å². The van der Waals surface area contributed by atoms with Crippen molar-refractivity contribution in [3.63, 3.8) is 0 Å². The first-order chi connectivity index (χ1) is 14.1. The predicted molar refractivity (Wildman–Crippen MR) is 127 cm³/mol. The van der Waals surface area contributed by atoms with E-state index in [-0.39, 0.29) is 43.1 Å². The van der Waals surface area contributed by atoms with Crippen LogP contribution < -0.4 is 5.32 Å². The molecule has 2 rings (SSSR count). The van der Waals surface area contributed by atoms with Crippen LogP contribution in [0.25, 0.3) is 0 Å². The van der Waals surface area contributed by atoms with E-state index in [2.05, 4.69) is 40.4 Å². The largest absolute Gasteiger partial charge is 6.00 e. The topological polar surface area (TPSA) is 64.1 Å². The van der Waals surface area contributed by atoms with E-state index in [9.17, 15) is 9.18 Å². The smallest absolute Gasteiger partial charge is 2.00 e. The third-order valence-electron chi connectivity index (χ3n) is 5.56. The van der Waals surface area contributed by atoms with E-state index in [4.69, 9.17) is 0 Å². The standard InChI is InChI=1S/C22H36FN3OS2.O.Tc/c23-21-5-3-19(4-6-21)22(27)20-7-14-26(15-8-20)12-1-11-25(13-2-17-28)16-9-24-10-18-29;;/h3-6,20,24,28-29H,1-2,7-18H2;;/q;-2;+6/i;;1+1. The van der Waals surface area contributed by atoms with Crippen molar-refractivity contribution < 1.29 is 34.8 Å². The number of carbonyl (C=O) groups excluding carboxylic acids is 1. The summed E-state index contributed by atoms with van der Waals surface area (Å²) in [6.07, 6.45) is 4.06. The van der Waals surface area contributed by atoms with Crippen molar-refractivity contribution >= 4 is 31.0 Å². The maximum atomic E-state index is 13.1. The molecule has 1 N–H and O–H groups in total. The Labute approximate surface area is 211 Å². The molecule has 173 valence electrons. The molecule has 0 atom stereocenters. The van der Waals surface area contributed by atoms with Crippen molar-refractivity contribution in [2.75, 3.05) is 63.9 Å². The minimum absolute atomic E-state index is 0. The quantitative estimate of drug-likeness (QED) is 0.187. The van der Waals surface area contributed by atoms with Gasteiger partial charge in [0, 0.05) is 36.9 Å². The second kappa shape index (κ2) is 18.4. The molecular weight excluding hydrogens is 520 g/mol. The molecule has 1 heterocycles. The Bertz CT molecular complexity index is 591. The first-order valence-corrected chi connectivity index (χ1v) is 12.1. The number of hydrogen-bond donors (Lipinski definition) is 3. The summed E-state index contributed by atoms with van der Waals surface area (Å²) in [5.41, 5.74) is 0.635. The van der Waals surface area contributed by atoms with Crippen molar-refractivity contribution in [1.82, 2.24) is 15.1 Å². The summed E-state index contributed by atoms with van der Waals surface area (Å²) in [5.74, 6) is 1.74. The van der Waals surface area contributed by atoms with E-state index < -0.39 is 0 Å². The number of thiol groups is 2. The average Bonchev–Trinajstić information content (AvgIpc) is 2.75. The molecule has 1 aliphatic rings. The number of rotatable bonds is 14. The van der Waals surface area contributed by atoms with Gasteiger partial charge in [-0.15, -0.1) is 0 Å². The van der Waals surface area contributed by atoms with Crippen LogP contribution in [0.3, 0.4) is 0 Å². The molecule has 1 aromatic rings. The number of nitrogens with one attached hydrogen (secondary N) is 1. The molecule has 31 heavy (non-hydrogen) atoms. The van der Waals surface area contributed by atoms with E-state index in [0.717, 1.165) is 89.5 Å². The zero-order valence-electron chi connectivity index (χ0n) is 18.1. The van der Waals surface area contributed by atoms with Crippen LogP contribution in [0.15, 0.2) is 24.3 Å². The van der Waals surface area contributed by atoms with Crippen LogP contribution in [0.4, 0.5) is 4.39 Å². The molecule has 1 aromatic carbocycles. The number of hydrogen-bond acceptors (Lipinski definition) is 6. The van der Waals surface area contributed by atoms with E-state index >= 15 is 0 Å². The van der Waals surface area contributed by atoms with Crippen LogP contribution in [0, 0.1) is 11.7 Å². The first kappa shape index (κ1) is 31.0. The van der Waals surface area contributed by atoms with Crippen molar-refractivity contribution in [2.24, 2.45) is 5.92 Å². The average molecular weight is 557 g/mol. The minimum Gasteiger partial charge on any atom is -2.00 e. The maximum absolute atomic E-state index is 13.1. The van der Waals surface area contributed by atoms with Gasteiger partial charge >= 0.3 is 20.1 Å². The Hall–Kier alpha value is 0.00935. The Kier molecular flexibility index (Phi) is 18.4. The summed E-state index contributed by atoms with van der Waals surface area (Å²) in [5, 5.41) is 3.41. The molecule has 0 unspecified atom stereocenters. The molecule has 9 heteroatoms. The molecule has 0 amide bonds. The minimum atomic E-state index is -0.294. The monoisotopic (exact) mass is 556 g/mol. The van der Waals surface area contributed by atoms with Crippen LogP contribution in [0.1, 0.15) is 36.0 Å². The van der Waals surface area contributed by atoms with Gasteiger partial charge in [0.2, 0.25) is 0 Å². The molecule has 0 aromatic heterocycles. The third kappa shape index (κ3) is 12.2. The third-order valence-corrected chi connectivity index (χ3v) is 6.10. The maximum Gasteiger partial charge on any atom is 6.00 e. The number of likely N-dealkylation sites (tertiary alicyclic amines) is 1. The predicted octanol–water partition coefficient (Wildman–Crippen LogP) is 3.13. The number of nitrogens with zero attached hydrogens (tertiary/aromatic N) is 2. The Morgan fingerprint density at radius 3 is 2.29 bits per heavy atom. The second-order valence-electron chi connectivity index (χ2n) is 7.73. The zero-order valence-corrected chi connectivity index (χ0v) is 21.8. The van der Waals surface area contributed by atoms with Crippen molar-refractivity contribution in [2.45, 2.75) is 25.7 Å². The summed E-state index contributed by atoms with van der Waals surface area (Å²) in [4.78, 5) is 17.6. The van der Waals surface area contributed by atoms with Crippen LogP contribution in [0.2, 0.25) is 0 Å². The van der Waals surface area contributed by atoms with Gasteiger partial charge in [-0.1, -0.05) is 0 Å². The van der Waals surface area contributed by atoms with Crippen molar-refractivity contribution in [3.8, 4) is 0 Å². The molecule has 1 aliphatic heterocycles. The summed E-state index contributed by atoms with van der Waals surface area (Å²) in [6.45, 7) is 8.24. The fourth-order valence-electron chi connectivity index (χ4n) is 3.86. The van der Waals surface area contributed by atoms with Gasteiger partial charge in [0.15, 0.2) is 5.78 Å². The van der Waals surface area contributed by atoms with E-state index in [1.165, 1.54) is 12.1 Å². The number of piperidine rings is 1. The molecular formula is C22H36FN3O2S2Tc+4. The SMILES string of the molecule is O=C(c1ccc(F)cc1)C1CCN(CCCN(CCCS)CCNCCS)CC1.[99Tc+6].[O-2]. The number of Topliss-reactive ketones (excluding diaryl/α,β-unsaturated/α-hetero) is 1. The van der Waals surface area contributed by atoms with Gasteiger partial charge in [-0.25, -0.2) is 4.39 Å². The Morgan fingerprint density at radius 2 is 1.68 bits per heavy atom. The van der Waals surface area contributed by atoms with E-state index in [1.54, 1.807) is 12.1 Å². The van der Waals surface area contributed by atoms with Gasteiger partial charge in [-0.05, 0) is 88.4 Å². The summed E-state index contributed by atoms with van der Waals surface area (Å²) < 4.78 is 13.1. The fourth-order valence-corrected chi connectivity index (χ4v) is 4.16. The Balaban J connectivity index is 0.00000450. The van der Waals surface area contributed by atoms with Gasteiger partial charge in [-0.3, -0.25) is 4.79 Å². The Morgan fingerprint density at radius 1 is 1.03 bits per heavy atom. The normalized spacial score (nSPS) is 14.8. The molecule has 1 radical (unpaired) electrons. The fraction of sp³-hybridized carbons (Fsp3) is 0.682. The first-order valence-electron chi connectivity index (χ1n) is 10.8. The molecule has 1 saturated heterocycles. The van der Waals surface area contributed by atoms with Crippen molar-refractivity contribution in [1.29, 1.82) is 0 Å². The number of ketones is 1. The molecule has 0 bridgehead atoms. The van der Waals surface area contributed by atoms with Gasteiger partial charge in [0.25, 0.3) is 0 Å². The molecule has 0 aliphatic carbocycles. The van der Waals surface area contributed by atoms with Crippen molar-refractivity contribution in [3.05, 3.63) is 35.6 Å². The van der Waals surface area contributed by atoms with Gasteiger partial charge in [0.1, 0.15) is 5.82 Å². The molecule has 0 spiro atoms. The van der Waals surface area contributed by atoms with Gasteiger partial charge in [0.05, 0.1) is 0 Å². The van der Waals surface area contributed by atoms with Gasteiger partial charge < -0.3 is 20.6 Å². The van der Waals surface area contributed by atoms with Crippen LogP contribution in [-0.4, -0.2) is 79.4 Å². The van der Waals surface area contributed by atoms with Crippen LogP contribution in [-0.2, 0) is 25.6 Å².